The second-order valence-corrected chi connectivity index (χ2v) is 8.16. The number of rotatable bonds is 5. The van der Waals surface area contributed by atoms with Gasteiger partial charge in [-0.2, -0.15) is 11.8 Å². The minimum atomic E-state index is -0.187. The first-order valence-electron chi connectivity index (χ1n) is 8.34. The first kappa shape index (κ1) is 17.3. The summed E-state index contributed by atoms with van der Waals surface area (Å²) in [6.45, 7) is 2.96. The number of nitrogens with zero attached hydrogens (tertiary/aromatic N) is 3. The molecule has 0 aromatic carbocycles. The van der Waals surface area contributed by atoms with E-state index in [9.17, 15) is 4.79 Å². The van der Waals surface area contributed by atoms with Crippen molar-refractivity contribution in [3.8, 4) is 11.5 Å². The van der Waals surface area contributed by atoms with Gasteiger partial charge in [0.2, 0.25) is 0 Å². The van der Waals surface area contributed by atoms with E-state index in [1.165, 1.54) is 11.3 Å². The number of carbonyl (C=O) groups is 1. The molecule has 8 heteroatoms. The van der Waals surface area contributed by atoms with Crippen LogP contribution in [0.3, 0.4) is 0 Å². The number of thiazole rings is 1. The van der Waals surface area contributed by atoms with Gasteiger partial charge in [0.05, 0.1) is 11.1 Å². The van der Waals surface area contributed by atoms with Crippen molar-refractivity contribution >= 4 is 34.1 Å². The predicted octanol–water partition coefficient (Wildman–Crippen LogP) is 3.60. The van der Waals surface area contributed by atoms with Crippen LogP contribution in [0.5, 0.6) is 0 Å². The number of aromatic nitrogens is 2. The molecule has 0 saturated carbocycles. The monoisotopic (exact) mass is 386 g/mol. The molecule has 1 aliphatic rings. The predicted molar refractivity (Wildman–Crippen MR) is 105 cm³/mol. The second kappa shape index (κ2) is 8.03. The molecule has 1 saturated heterocycles. The zero-order chi connectivity index (χ0) is 17.8. The van der Waals surface area contributed by atoms with Crippen LogP contribution in [-0.2, 0) is 6.54 Å². The number of furan rings is 1. The summed E-state index contributed by atoms with van der Waals surface area (Å²) in [5, 5.41) is 3.48. The van der Waals surface area contributed by atoms with Gasteiger partial charge in [-0.15, -0.1) is 0 Å². The molecule has 3 aromatic rings. The van der Waals surface area contributed by atoms with Crippen LogP contribution >= 0.6 is 23.1 Å². The second-order valence-electron chi connectivity index (χ2n) is 5.85. The molecule has 134 valence electrons. The third kappa shape index (κ3) is 3.98. The molecule has 1 amide bonds. The third-order valence-electron chi connectivity index (χ3n) is 4.09. The zero-order valence-electron chi connectivity index (χ0n) is 14.1. The number of amides is 1. The molecule has 0 spiro atoms. The Hall–Kier alpha value is -2.16. The molecule has 1 aliphatic heterocycles. The Balaban J connectivity index is 1.57. The average molecular weight is 387 g/mol. The minimum absolute atomic E-state index is 0.187. The standard InChI is InChI=1S/C18H18N4O2S2/c23-17(13-3-5-19-6-4-13)21-18-20-16(14-2-1-9-24-14)15(26-18)12-22-7-10-25-11-8-22/h1-6,9H,7-8,10-12H2,(H,20,21,23). The van der Waals surface area contributed by atoms with Crippen molar-refractivity contribution in [1.82, 2.24) is 14.9 Å². The maximum Gasteiger partial charge on any atom is 0.257 e. The van der Waals surface area contributed by atoms with E-state index in [1.54, 1.807) is 30.8 Å². The molecule has 0 aliphatic carbocycles. The van der Waals surface area contributed by atoms with Crippen molar-refractivity contribution in [1.29, 1.82) is 0 Å². The molecule has 0 radical (unpaired) electrons. The van der Waals surface area contributed by atoms with Gasteiger partial charge < -0.3 is 4.42 Å². The summed E-state index contributed by atoms with van der Waals surface area (Å²) in [4.78, 5) is 24.5. The molecule has 4 rings (SSSR count). The number of hydrogen-bond acceptors (Lipinski definition) is 7. The summed E-state index contributed by atoms with van der Waals surface area (Å²) in [6, 6.07) is 7.12. The fourth-order valence-electron chi connectivity index (χ4n) is 2.75. The first-order chi connectivity index (χ1) is 12.8. The van der Waals surface area contributed by atoms with Crippen molar-refractivity contribution in [2.45, 2.75) is 6.54 Å². The van der Waals surface area contributed by atoms with Crippen molar-refractivity contribution in [2.75, 3.05) is 29.9 Å². The van der Waals surface area contributed by atoms with Crippen molar-refractivity contribution < 1.29 is 9.21 Å². The van der Waals surface area contributed by atoms with E-state index >= 15 is 0 Å². The molecular weight excluding hydrogens is 368 g/mol. The lowest BCUT2D eigenvalue weighted by molar-refractivity contribution is 0.102. The summed E-state index contributed by atoms with van der Waals surface area (Å²) >= 11 is 3.50. The van der Waals surface area contributed by atoms with E-state index in [-0.39, 0.29) is 5.91 Å². The van der Waals surface area contributed by atoms with Crippen LogP contribution in [0.2, 0.25) is 0 Å². The Morgan fingerprint density at radius 2 is 2.04 bits per heavy atom. The van der Waals surface area contributed by atoms with Crippen LogP contribution in [0.1, 0.15) is 15.2 Å². The van der Waals surface area contributed by atoms with Gasteiger partial charge in [-0.05, 0) is 24.3 Å². The first-order valence-corrected chi connectivity index (χ1v) is 10.3. The lowest BCUT2D eigenvalue weighted by Crippen LogP contribution is -2.31. The smallest absolute Gasteiger partial charge is 0.257 e. The van der Waals surface area contributed by atoms with E-state index in [0.717, 1.165) is 47.5 Å². The molecule has 6 nitrogen and oxygen atoms in total. The summed E-state index contributed by atoms with van der Waals surface area (Å²) < 4.78 is 5.55. The van der Waals surface area contributed by atoms with Crippen LogP contribution < -0.4 is 5.32 Å². The summed E-state index contributed by atoms with van der Waals surface area (Å²) in [7, 11) is 0. The minimum Gasteiger partial charge on any atom is -0.463 e. The molecule has 1 N–H and O–H groups in total. The molecule has 4 heterocycles. The van der Waals surface area contributed by atoms with Crippen LogP contribution in [0, 0.1) is 0 Å². The molecular formula is C18H18N4O2S2. The van der Waals surface area contributed by atoms with E-state index in [2.05, 4.69) is 20.2 Å². The highest BCUT2D eigenvalue weighted by Crippen LogP contribution is 2.33. The number of thioether (sulfide) groups is 1. The van der Waals surface area contributed by atoms with Crippen molar-refractivity contribution in [3.63, 3.8) is 0 Å². The number of hydrogen-bond donors (Lipinski definition) is 1. The van der Waals surface area contributed by atoms with Crippen LogP contribution in [0.4, 0.5) is 5.13 Å². The summed E-state index contributed by atoms with van der Waals surface area (Å²) in [6.07, 6.45) is 4.85. The van der Waals surface area contributed by atoms with Crippen LogP contribution in [0.25, 0.3) is 11.5 Å². The molecule has 1 fully saturated rings. The van der Waals surface area contributed by atoms with Gasteiger partial charge in [-0.25, -0.2) is 4.98 Å². The SMILES string of the molecule is O=C(Nc1nc(-c2ccco2)c(CN2CCSCC2)s1)c1ccncc1. The molecule has 3 aromatic heterocycles. The fraction of sp³-hybridized carbons (Fsp3) is 0.278. The maximum absolute atomic E-state index is 12.4. The number of nitrogens with one attached hydrogen (secondary N) is 1. The number of carbonyl (C=O) groups excluding carboxylic acids is 1. The number of pyridine rings is 1. The van der Waals surface area contributed by atoms with E-state index in [1.807, 2.05) is 23.9 Å². The van der Waals surface area contributed by atoms with Gasteiger partial charge in [0, 0.05) is 49.1 Å². The van der Waals surface area contributed by atoms with Gasteiger partial charge in [-0.3, -0.25) is 20.0 Å². The third-order valence-corrected chi connectivity index (χ3v) is 5.98. The highest BCUT2D eigenvalue weighted by atomic mass is 32.2. The zero-order valence-corrected chi connectivity index (χ0v) is 15.7. The van der Waals surface area contributed by atoms with E-state index < -0.39 is 0 Å². The number of anilines is 1. The van der Waals surface area contributed by atoms with Gasteiger partial charge in [0.15, 0.2) is 10.9 Å². The topological polar surface area (TPSA) is 71.3 Å². The highest BCUT2D eigenvalue weighted by molar-refractivity contribution is 7.99. The molecule has 0 unspecified atom stereocenters. The quantitative estimate of drug-likeness (QED) is 0.722. The fourth-order valence-corrected chi connectivity index (χ4v) is 4.74. The highest BCUT2D eigenvalue weighted by Gasteiger charge is 2.20. The van der Waals surface area contributed by atoms with E-state index in [4.69, 9.17) is 4.42 Å². The summed E-state index contributed by atoms with van der Waals surface area (Å²) in [5.74, 6) is 2.85. The van der Waals surface area contributed by atoms with Gasteiger partial charge in [0.1, 0.15) is 5.69 Å². The van der Waals surface area contributed by atoms with Gasteiger partial charge in [0.25, 0.3) is 5.91 Å². The Labute approximate surface area is 159 Å². The Bertz CT molecular complexity index is 859. The lowest BCUT2D eigenvalue weighted by Gasteiger charge is -2.25. The average Bonchev–Trinajstić information content (AvgIpc) is 3.33. The van der Waals surface area contributed by atoms with Crippen LogP contribution in [0.15, 0.2) is 47.3 Å². The Kier molecular flexibility index (Phi) is 5.33. The van der Waals surface area contributed by atoms with Crippen molar-refractivity contribution in [2.24, 2.45) is 0 Å². The molecule has 26 heavy (non-hydrogen) atoms. The normalized spacial score (nSPS) is 15.1. The van der Waals surface area contributed by atoms with Gasteiger partial charge in [-0.1, -0.05) is 11.3 Å². The maximum atomic E-state index is 12.4. The summed E-state index contributed by atoms with van der Waals surface area (Å²) in [5.41, 5.74) is 1.37. The molecule has 0 bridgehead atoms. The Morgan fingerprint density at radius 1 is 1.23 bits per heavy atom. The van der Waals surface area contributed by atoms with Crippen molar-refractivity contribution in [3.05, 3.63) is 53.4 Å². The largest absolute Gasteiger partial charge is 0.463 e. The van der Waals surface area contributed by atoms with Gasteiger partial charge >= 0.3 is 0 Å². The van der Waals surface area contributed by atoms with Crippen LogP contribution in [-0.4, -0.2) is 45.4 Å². The van der Waals surface area contributed by atoms with E-state index in [0.29, 0.717) is 10.7 Å². The molecule has 0 atom stereocenters. The Morgan fingerprint density at radius 3 is 2.77 bits per heavy atom. The lowest BCUT2D eigenvalue weighted by atomic mass is 10.2.